The van der Waals surface area contributed by atoms with Crippen LogP contribution in [0.1, 0.15) is 41.2 Å². The molecule has 3 rings (SSSR count). The Labute approximate surface area is 172 Å². The maximum Gasteiger partial charge on any atom is 0.255 e. The van der Waals surface area contributed by atoms with Gasteiger partial charge in [-0.25, -0.2) is 4.39 Å². The molecule has 144 valence electrons. The first-order chi connectivity index (χ1) is 12.9. The van der Waals surface area contributed by atoms with Crippen molar-refractivity contribution in [1.29, 1.82) is 0 Å². The zero-order chi connectivity index (χ0) is 19.4. The van der Waals surface area contributed by atoms with Crippen molar-refractivity contribution in [2.75, 3.05) is 13.6 Å². The summed E-state index contributed by atoms with van der Waals surface area (Å²) < 4.78 is 14.2. The Bertz CT molecular complexity index is 820. The second-order valence-electron chi connectivity index (χ2n) is 6.82. The Morgan fingerprint density at radius 2 is 2.11 bits per heavy atom. The van der Waals surface area contributed by atoms with E-state index in [0.29, 0.717) is 17.1 Å². The number of carbonyl (C=O) groups is 1. The second-order valence-corrected chi connectivity index (χ2v) is 8.14. The summed E-state index contributed by atoms with van der Waals surface area (Å²) in [4.78, 5) is 14.3. The summed E-state index contributed by atoms with van der Waals surface area (Å²) >= 11 is 9.52. The van der Waals surface area contributed by atoms with Gasteiger partial charge in [-0.1, -0.05) is 39.7 Å². The van der Waals surface area contributed by atoms with E-state index < -0.39 is 0 Å². The molecule has 0 bridgehead atoms. The first-order valence-corrected chi connectivity index (χ1v) is 10.1. The summed E-state index contributed by atoms with van der Waals surface area (Å²) in [5.74, 6) is -0.305. The van der Waals surface area contributed by atoms with E-state index in [1.165, 1.54) is 6.07 Å². The molecular weight excluding hydrogens is 433 g/mol. The van der Waals surface area contributed by atoms with Crippen LogP contribution in [-0.4, -0.2) is 30.4 Å². The van der Waals surface area contributed by atoms with Gasteiger partial charge in [-0.2, -0.15) is 0 Å². The van der Waals surface area contributed by atoms with Crippen molar-refractivity contribution in [3.05, 3.63) is 68.9 Å². The standard InChI is InChI=1S/C20H22BrClFN3O/c1-26(20(27)17-11-14(21)7-8-18(17)22)9-3-6-16-12-19(25-24-16)13-4-2-5-15(23)10-13/h2,4-5,7-8,10-11,16,19,24-25H,3,6,9,12H2,1H3. The van der Waals surface area contributed by atoms with Gasteiger partial charge in [0.2, 0.25) is 0 Å². The van der Waals surface area contributed by atoms with E-state index in [2.05, 4.69) is 26.8 Å². The predicted molar refractivity (Wildman–Crippen MR) is 109 cm³/mol. The molecule has 0 saturated carbocycles. The molecule has 2 aromatic carbocycles. The highest BCUT2D eigenvalue weighted by Gasteiger charge is 2.25. The second kappa shape index (κ2) is 9.15. The number of carbonyl (C=O) groups excluding carboxylic acids is 1. The molecule has 4 nitrogen and oxygen atoms in total. The number of hydrogen-bond donors (Lipinski definition) is 2. The Morgan fingerprint density at radius 3 is 2.89 bits per heavy atom. The highest BCUT2D eigenvalue weighted by Crippen LogP contribution is 2.25. The van der Waals surface area contributed by atoms with Crippen LogP contribution >= 0.6 is 27.5 Å². The minimum Gasteiger partial charge on any atom is -0.342 e. The first kappa shape index (κ1) is 20.3. The lowest BCUT2D eigenvalue weighted by Crippen LogP contribution is -2.32. The average Bonchev–Trinajstić information content (AvgIpc) is 3.12. The fourth-order valence-corrected chi connectivity index (χ4v) is 3.86. The summed E-state index contributed by atoms with van der Waals surface area (Å²) in [6, 6.07) is 12.3. The molecule has 1 amide bonds. The van der Waals surface area contributed by atoms with Crippen LogP contribution in [0.3, 0.4) is 0 Å². The van der Waals surface area contributed by atoms with E-state index in [4.69, 9.17) is 11.6 Å². The van der Waals surface area contributed by atoms with Crippen molar-refractivity contribution in [1.82, 2.24) is 15.8 Å². The summed E-state index contributed by atoms with van der Waals surface area (Å²) in [5, 5.41) is 0.453. The Hall–Kier alpha value is -1.47. The van der Waals surface area contributed by atoms with Gasteiger partial charge in [0.1, 0.15) is 5.82 Å². The van der Waals surface area contributed by atoms with E-state index in [1.807, 2.05) is 12.1 Å². The van der Waals surface area contributed by atoms with Crippen molar-refractivity contribution in [2.45, 2.75) is 31.3 Å². The molecule has 7 heteroatoms. The lowest BCUT2D eigenvalue weighted by molar-refractivity contribution is 0.0792. The highest BCUT2D eigenvalue weighted by molar-refractivity contribution is 9.10. The molecule has 0 aromatic heterocycles. The van der Waals surface area contributed by atoms with Gasteiger partial charge in [-0.15, -0.1) is 0 Å². The van der Waals surface area contributed by atoms with Gasteiger partial charge in [0.15, 0.2) is 0 Å². The zero-order valence-electron chi connectivity index (χ0n) is 15.0. The molecule has 1 aliphatic heterocycles. The number of nitrogens with one attached hydrogen (secondary N) is 2. The van der Waals surface area contributed by atoms with Gasteiger partial charge in [-0.3, -0.25) is 15.6 Å². The number of rotatable bonds is 6. The molecule has 2 aromatic rings. The van der Waals surface area contributed by atoms with Gasteiger partial charge < -0.3 is 4.90 Å². The molecule has 0 radical (unpaired) electrons. The number of benzene rings is 2. The van der Waals surface area contributed by atoms with Crippen LogP contribution in [0.5, 0.6) is 0 Å². The molecule has 2 unspecified atom stereocenters. The summed E-state index contributed by atoms with van der Waals surface area (Å²) in [7, 11) is 1.79. The van der Waals surface area contributed by atoms with Crippen LogP contribution in [0.2, 0.25) is 5.02 Å². The third kappa shape index (κ3) is 5.29. The van der Waals surface area contributed by atoms with Crippen molar-refractivity contribution in [3.8, 4) is 0 Å². The molecule has 1 fully saturated rings. The molecule has 2 atom stereocenters. The molecular formula is C20H22BrClFN3O. The van der Waals surface area contributed by atoms with Crippen molar-refractivity contribution >= 4 is 33.4 Å². The SMILES string of the molecule is CN(CCCC1CC(c2cccc(F)c2)NN1)C(=O)c1cc(Br)ccc1Cl. The maximum atomic E-state index is 13.4. The molecule has 2 N–H and O–H groups in total. The fraction of sp³-hybridized carbons (Fsp3) is 0.350. The quantitative estimate of drug-likeness (QED) is 0.665. The van der Waals surface area contributed by atoms with Gasteiger partial charge >= 0.3 is 0 Å². The van der Waals surface area contributed by atoms with Gasteiger partial charge in [0.25, 0.3) is 5.91 Å². The number of hydrogen-bond acceptors (Lipinski definition) is 3. The number of halogens is 3. The van der Waals surface area contributed by atoms with Crippen LogP contribution in [0.15, 0.2) is 46.9 Å². The lowest BCUT2D eigenvalue weighted by Gasteiger charge is -2.19. The topological polar surface area (TPSA) is 44.4 Å². The maximum absolute atomic E-state index is 13.4. The Morgan fingerprint density at radius 1 is 1.30 bits per heavy atom. The molecule has 1 saturated heterocycles. The van der Waals surface area contributed by atoms with Crippen LogP contribution in [0.25, 0.3) is 0 Å². The minimum atomic E-state index is -0.218. The molecule has 0 aliphatic carbocycles. The Kier molecular flexibility index (Phi) is 6.87. The summed E-state index contributed by atoms with van der Waals surface area (Å²) in [6.45, 7) is 0.643. The van der Waals surface area contributed by atoms with Gasteiger partial charge in [0, 0.05) is 30.1 Å². The highest BCUT2D eigenvalue weighted by atomic mass is 79.9. The smallest absolute Gasteiger partial charge is 0.255 e. The van der Waals surface area contributed by atoms with Crippen LogP contribution in [-0.2, 0) is 0 Å². The van der Waals surface area contributed by atoms with Crippen molar-refractivity contribution in [3.63, 3.8) is 0 Å². The lowest BCUT2D eigenvalue weighted by atomic mass is 9.99. The van der Waals surface area contributed by atoms with Gasteiger partial charge in [0.05, 0.1) is 10.6 Å². The summed E-state index contributed by atoms with van der Waals surface area (Å²) in [6.07, 6.45) is 2.67. The van der Waals surface area contributed by atoms with Gasteiger partial charge in [-0.05, 0) is 55.2 Å². The van der Waals surface area contributed by atoms with E-state index >= 15 is 0 Å². The fourth-order valence-electron chi connectivity index (χ4n) is 3.30. The van der Waals surface area contributed by atoms with E-state index in [1.54, 1.807) is 36.2 Å². The summed E-state index contributed by atoms with van der Waals surface area (Å²) in [5.41, 5.74) is 7.95. The van der Waals surface area contributed by atoms with Crippen molar-refractivity contribution in [2.24, 2.45) is 0 Å². The third-order valence-electron chi connectivity index (χ3n) is 4.78. The molecule has 1 heterocycles. The number of hydrazine groups is 1. The molecule has 0 spiro atoms. The average molecular weight is 455 g/mol. The molecule has 27 heavy (non-hydrogen) atoms. The van der Waals surface area contributed by atoms with Crippen LogP contribution in [0, 0.1) is 5.82 Å². The van der Waals surface area contributed by atoms with Crippen LogP contribution < -0.4 is 10.9 Å². The largest absolute Gasteiger partial charge is 0.342 e. The predicted octanol–water partition coefficient (Wildman–Crippen LogP) is 4.70. The number of amides is 1. The van der Waals surface area contributed by atoms with E-state index in [-0.39, 0.29) is 23.8 Å². The minimum absolute atomic E-state index is 0.0866. The van der Waals surface area contributed by atoms with E-state index in [0.717, 1.165) is 29.3 Å². The monoisotopic (exact) mass is 453 g/mol. The first-order valence-electron chi connectivity index (χ1n) is 8.91. The van der Waals surface area contributed by atoms with Crippen molar-refractivity contribution < 1.29 is 9.18 Å². The number of nitrogens with zero attached hydrogens (tertiary/aromatic N) is 1. The third-order valence-corrected chi connectivity index (χ3v) is 5.61. The van der Waals surface area contributed by atoms with Crippen LogP contribution in [0.4, 0.5) is 4.39 Å². The molecule has 1 aliphatic rings. The normalized spacial score (nSPS) is 19.3. The van der Waals surface area contributed by atoms with E-state index in [9.17, 15) is 9.18 Å². The zero-order valence-corrected chi connectivity index (χ0v) is 17.4. The Balaban J connectivity index is 1.47.